The normalized spacial score (nSPS) is 14.2. The van der Waals surface area contributed by atoms with Crippen molar-refractivity contribution in [3.05, 3.63) is 83.8 Å². The van der Waals surface area contributed by atoms with E-state index in [1.807, 2.05) is 81.5 Å². The van der Waals surface area contributed by atoms with Crippen molar-refractivity contribution in [1.82, 2.24) is 25.0 Å². The highest BCUT2D eigenvalue weighted by molar-refractivity contribution is 5.96. The molecular formula is C33H38F2N6O3. The maximum Gasteiger partial charge on any atom is 0.333 e. The quantitative estimate of drug-likeness (QED) is 0.239. The van der Waals surface area contributed by atoms with Gasteiger partial charge in [-0.2, -0.15) is 13.9 Å². The summed E-state index contributed by atoms with van der Waals surface area (Å²) < 4.78 is 38.6. The molecule has 4 aromatic rings. The van der Waals surface area contributed by atoms with Gasteiger partial charge in [-0.15, -0.1) is 0 Å². The third kappa shape index (κ3) is 7.59. The van der Waals surface area contributed by atoms with Gasteiger partial charge < -0.3 is 24.6 Å². The summed E-state index contributed by atoms with van der Waals surface area (Å²) in [7, 11) is 3.95. The Balaban J connectivity index is 1.42. The van der Waals surface area contributed by atoms with Crippen LogP contribution in [0.1, 0.15) is 41.0 Å². The van der Waals surface area contributed by atoms with Crippen LogP contribution >= 0.6 is 0 Å². The van der Waals surface area contributed by atoms with Gasteiger partial charge in [0.2, 0.25) is 0 Å². The van der Waals surface area contributed by atoms with Crippen molar-refractivity contribution in [1.29, 1.82) is 0 Å². The molecule has 0 bridgehead atoms. The lowest BCUT2D eigenvalue weighted by atomic mass is 9.95. The second-order valence-corrected chi connectivity index (χ2v) is 11.2. The molecule has 0 spiro atoms. The van der Waals surface area contributed by atoms with Crippen LogP contribution in [0.5, 0.6) is 5.75 Å². The molecular weight excluding hydrogens is 566 g/mol. The third-order valence-corrected chi connectivity index (χ3v) is 7.61. The molecule has 11 heteroatoms. The number of nitrogens with one attached hydrogen (secondary N) is 1. The summed E-state index contributed by atoms with van der Waals surface area (Å²) in [5, 5.41) is 6.93. The SMILES string of the molecule is Cc1ccc(OCCN(C)C)cc1C(=O)N[C@H](C)c1cc(-c2ccc(N3CCOCC3)nc2)cc(-c2cnn(C(F)F)c2)c1. The molecule has 0 unspecified atom stereocenters. The van der Waals surface area contributed by atoms with Crippen LogP contribution in [0.25, 0.3) is 22.3 Å². The molecule has 9 nitrogen and oxygen atoms in total. The zero-order valence-electron chi connectivity index (χ0n) is 25.5. The predicted molar refractivity (Wildman–Crippen MR) is 166 cm³/mol. The molecule has 5 rings (SSSR count). The molecule has 2 aromatic heterocycles. The number of ether oxygens (including phenoxy) is 2. The molecule has 3 heterocycles. The van der Waals surface area contributed by atoms with E-state index in [4.69, 9.17) is 14.5 Å². The Kier molecular flexibility index (Phi) is 9.86. The first-order valence-electron chi connectivity index (χ1n) is 14.6. The number of benzene rings is 2. The fraction of sp³-hybridized carbons (Fsp3) is 0.364. The Hall–Kier alpha value is -4.35. The average molecular weight is 605 g/mol. The van der Waals surface area contributed by atoms with Crippen molar-refractivity contribution in [3.8, 4) is 28.0 Å². The van der Waals surface area contributed by atoms with E-state index in [0.29, 0.717) is 46.9 Å². The van der Waals surface area contributed by atoms with E-state index in [1.54, 1.807) is 6.07 Å². The fourth-order valence-corrected chi connectivity index (χ4v) is 5.00. The summed E-state index contributed by atoms with van der Waals surface area (Å²) in [4.78, 5) is 22.4. The number of aryl methyl sites for hydroxylation is 1. The highest BCUT2D eigenvalue weighted by atomic mass is 19.3. The zero-order chi connectivity index (χ0) is 31.2. The zero-order valence-corrected chi connectivity index (χ0v) is 25.5. The predicted octanol–water partition coefficient (Wildman–Crippen LogP) is 5.58. The number of rotatable bonds is 11. The Morgan fingerprint density at radius 3 is 2.43 bits per heavy atom. The van der Waals surface area contributed by atoms with Gasteiger partial charge in [-0.1, -0.05) is 6.07 Å². The molecule has 1 saturated heterocycles. The van der Waals surface area contributed by atoms with Crippen LogP contribution in [0.3, 0.4) is 0 Å². The van der Waals surface area contributed by atoms with Gasteiger partial charge in [0.25, 0.3) is 5.91 Å². The smallest absolute Gasteiger partial charge is 0.333 e. The highest BCUT2D eigenvalue weighted by Gasteiger charge is 2.18. The van der Waals surface area contributed by atoms with Crippen LogP contribution in [0, 0.1) is 6.92 Å². The number of hydrogen-bond donors (Lipinski definition) is 1. The third-order valence-electron chi connectivity index (χ3n) is 7.61. The first-order chi connectivity index (χ1) is 21.2. The maximum absolute atomic E-state index is 13.5. The Morgan fingerprint density at radius 2 is 1.77 bits per heavy atom. The standard InChI is InChI=1S/C33H38F2N6O3/c1-22-5-7-29(44-14-9-39(3)4)18-30(22)32(42)38-23(2)25-15-26(17-27(16-25)28-20-37-41(21-28)33(34)35)24-6-8-31(36-19-24)40-10-12-43-13-11-40/h5-8,15-21,23,33H,9-14H2,1-4H3,(H,38,42)/t23-/m1/s1. The molecule has 44 heavy (non-hydrogen) atoms. The molecule has 1 N–H and O–H groups in total. The molecule has 0 aliphatic carbocycles. The van der Waals surface area contributed by atoms with Gasteiger partial charge in [0.1, 0.15) is 18.2 Å². The Labute approximate surface area is 256 Å². The minimum absolute atomic E-state index is 0.234. The Bertz CT molecular complexity index is 1570. The van der Waals surface area contributed by atoms with Gasteiger partial charge in [-0.3, -0.25) is 4.79 Å². The van der Waals surface area contributed by atoms with Gasteiger partial charge in [0, 0.05) is 48.7 Å². The number of alkyl halides is 2. The van der Waals surface area contributed by atoms with E-state index >= 15 is 0 Å². The van der Waals surface area contributed by atoms with Crippen molar-refractivity contribution < 1.29 is 23.0 Å². The topological polar surface area (TPSA) is 84.8 Å². The Morgan fingerprint density at radius 1 is 1.02 bits per heavy atom. The van der Waals surface area contributed by atoms with Crippen LogP contribution in [0.4, 0.5) is 14.6 Å². The molecule has 1 atom stereocenters. The number of pyridine rings is 1. The number of carbonyl (C=O) groups is 1. The minimum Gasteiger partial charge on any atom is -0.492 e. The molecule has 2 aromatic carbocycles. The lowest BCUT2D eigenvalue weighted by Gasteiger charge is -2.27. The van der Waals surface area contributed by atoms with Gasteiger partial charge in [0.15, 0.2) is 0 Å². The first-order valence-corrected chi connectivity index (χ1v) is 14.6. The summed E-state index contributed by atoms with van der Waals surface area (Å²) in [6, 6.07) is 14.9. The number of anilines is 1. The molecule has 0 radical (unpaired) electrons. The van der Waals surface area contributed by atoms with E-state index in [1.165, 1.54) is 12.4 Å². The van der Waals surface area contributed by atoms with Crippen molar-refractivity contribution in [2.24, 2.45) is 0 Å². The molecule has 1 amide bonds. The number of morpholine rings is 1. The van der Waals surface area contributed by atoms with E-state index in [9.17, 15) is 13.6 Å². The number of aromatic nitrogens is 3. The number of nitrogens with zero attached hydrogens (tertiary/aromatic N) is 5. The van der Waals surface area contributed by atoms with Crippen LogP contribution in [-0.2, 0) is 4.74 Å². The largest absolute Gasteiger partial charge is 0.492 e. The number of hydrogen-bond acceptors (Lipinski definition) is 7. The molecule has 1 fully saturated rings. The second kappa shape index (κ2) is 14.0. The van der Waals surface area contributed by atoms with Crippen molar-refractivity contribution in [3.63, 3.8) is 0 Å². The van der Waals surface area contributed by atoms with E-state index < -0.39 is 12.6 Å². The lowest BCUT2D eigenvalue weighted by Crippen LogP contribution is -2.36. The van der Waals surface area contributed by atoms with Crippen LogP contribution in [0.15, 0.2) is 67.1 Å². The van der Waals surface area contributed by atoms with E-state index in [0.717, 1.165) is 47.7 Å². The summed E-state index contributed by atoms with van der Waals surface area (Å²) >= 11 is 0. The van der Waals surface area contributed by atoms with Crippen molar-refractivity contribution >= 4 is 11.7 Å². The van der Waals surface area contributed by atoms with Crippen molar-refractivity contribution in [2.75, 3.05) is 58.5 Å². The molecule has 0 saturated carbocycles. The summed E-state index contributed by atoms with van der Waals surface area (Å²) in [6.45, 7) is 5.19. The second-order valence-electron chi connectivity index (χ2n) is 11.2. The minimum atomic E-state index is -2.74. The maximum atomic E-state index is 13.5. The number of likely N-dealkylation sites (N-methyl/N-ethyl adjacent to an activating group) is 1. The summed E-state index contributed by atoms with van der Waals surface area (Å²) in [5.41, 5.74) is 5.12. The van der Waals surface area contributed by atoms with Crippen LogP contribution in [0.2, 0.25) is 0 Å². The highest BCUT2D eigenvalue weighted by Crippen LogP contribution is 2.32. The van der Waals surface area contributed by atoms with Gasteiger partial charge in [-0.25, -0.2) is 9.67 Å². The number of carbonyl (C=O) groups excluding carboxylic acids is 1. The fourth-order valence-electron chi connectivity index (χ4n) is 5.00. The molecule has 232 valence electrons. The van der Waals surface area contributed by atoms with Crippen LogP contribution in [-0.4, -0.2) is 79.1 Å². The lowest BCUT2D eigenvalue weighted by molar-refractivity contribution is 0.0566. The number of amides is 1. The van der Waals surface area contributed by atoms with E-state index in [2.05, 4.69) is 15.3 Å². The van der Waals surface area contributed by atoms with Gasteiger partial charge in [-0.05, 0) is 92.7 Å². The van der Waals surface area contributed by atoms with Gasteiger partial charge >= 0.3 is 6.55 Å². The molecule has 1 aliphatic rings. The van der Waals surface area contributed by atoms with E-state index in [-0.39, 0.29) is 5.91 Å². The number of halogens is 2. The average Bonchev–Trinajstić information content (AvgIpc) is 3.53. The van der Waals surface area contributed by atoms with Crippen LogP contribution < -0.4 is 15.0 Å². The summed E-state index contributed by atoms with van der Waals surface area (Å²) in [5.74, 6) is 1.27. The molecule has 1 aliphatic heterocycles. The summed E-state index contributed by atoms with van der Waals surface area (Å²) in [6.07, 6.45) is 4.55. The monoisotopic (exact) mass is 604 g/mol. The first kappa shape index (κ1) is 31.1. The van der Waals surface area contributed by atoms with Crippen molar-refractivity contribution in [2.45, 2.75) is 26.4 Å². The van der Waals surface area contributed by atoms with Gasteiger partial charge in [0.05, 0.1) is 25.5 Å².